The fourth-order valence-corrected chi connectivity index (χ4v) is 0.803. The van der Waals surface area contributed by atoms with Gasteiger partial charge in [-0.1, -0.05) is 0 Å². The van der Waals surface area contributed by atoms with Gasteiger partial charge in [0.1, 0.15) is 6.67 Å². The van der Waals surface area contributed by atoms with Gasteiger partial charge in [-0.15, -0.1) is 0 Å². The van der Waals surface area contributed by atoms with E-state index in [-0.39, 0.29) is 6.54 Å². The SMILES string of the molecule is Cn1cc(NCC(O)CF)cn1. The first-order chi connectivity index (χ1) is 5.72. The van der Waals surface area contributed by atoms with Crippen LogP contribution in [0.1, 0.15) is 0 Å². The van der Waals surface area contributed by atoms with Crippen molar-refractivity contribution >= 4 is 5.69 Å². The largest absolute Gasteiger partial charge is 0.389 e. The van der Waals surface area contributed by atoms with Crippen LogP contribution in [0.25, 0.3) is 0 Å². The average Bonchev–Trinajstić information content (AvgIpc) is 2.47. The van der Waals surface area contributed by atoms with E-state index in [1.807, 2.05) is 0 Å². The Kier molecular flexibility index (Phi) is 3.04. The second-order valence-electron chi connectivity index (χ2n) is 2.59. The molecule has 68 valence electrons. The van der Waals surface area contributed by atoms with Gasteiger partial charge in [-0.2, -0.15) is 5.10 Å². The number of aryl methyl sites for hydroxylation is 1. The molecule has 0 aliphatic rings. The van der Waals surface area contributed by atoms with Crippen molar-refractivity contribution < 1.29 is 9.50 Å². The van der Waals surface area contributed by atoms with Crippen molar-refractivity contribution in [2.75, 3.05) is 18.5 Å². The number of alkyl halides is 1. The van der Waals surface area contributed by atoms with Crippen LogP contribution in [0.15, 0.2) is 12.4 Å². The van der Waals surface area contributed by atoms with Gasteiger partial charge in [-0.05, 0) is 0 Å². The summed E-state index contributed by atoms with van der Waals surface area (Å²) in [6, 6.07) is 0. The molecule has 0 radical (unpaired) electrons. The number of nitrogens with zero attached hydrogens (tertiary/aromatic N) is 2. The highest BCUT2D eigenvalue weighted by Crippen LogP contribution is 2.02. The Labute approximate surface area is 70.0 Å². The Morgan fingerprint density at radius 2 is 2.58 bits per heavy atom. The predicted octanol–water partition coefficient (Wildman–Crippen LogP) is 0.162. The normalized spacial score (nSPS) is 12.9. The van der Waals surface area contributed by atoms with Gasteiger partial charge in [0.2, 0.25) is 0 Å². The number of aliphatic hydroxyl groups is 1. The van der Waals surface area contributed by atoms with Crippen LogP contribution in [-0.2, 0) is 7.05 Å². The quantitative estimate of drug-likeness (QED) is 0.682. The van der Waals surface area contributed by atoms with Crippen molar-refractivity contribution in [3.8, 4) is 0 Å². The Hall–Kier alpha value is -1.10. The molecule has 5 heteroatoms. The van der Waals surface area contributed by atoms with Gasteiger partial charge in [0.05, 0.1) is 18.0 Å². The Morgan fingerprint density at radius 1 is 1.83 bits per heavy atom. The molecule has 0 saturated carbocycles. The highest BCUT2D eigenvalue weighted by atomic mass is 19.1. The third-order valence-electron chi connectivity index (χ3n) is 1.42. The van der Waals surface area contributed by atoms with Crippen LogP contribution < -0.4 is 5.32 Å². The lowest BCUT2D eigenvalue weighted by atomic mass is 10.4. The maximum absolute atomic E-state index is 11.8. The third kappa shape index (κ3) is 2.50. The van der Waals surface area contributed by atoms with Gasteiger partial charge in [-0.3, -0.25) is 4.68 Å². The molecule has 2 N–H and O–H groups in total. The fourth-order valence-electron chi connectivity index (χ4n) is 0.803. The van der Waals surface area contributed by atoms with Crippen molar-refractivity contribution in [1.82, 2.24) is 9.78 Å². The van der Waals surface area contributed by atoms with Crippen molar-refractivity contribution in [3.63, 3.8) is 0 Å². The molecule has 0 amide bonds. The molecular formula is C7H12FN3O. The molecule has 1 rings (SSSR count). The molecule has 0 saturated heterocycles. The van der Waals surface area contributed by atoms with E-state index < -0.39 is 12.8 Å². The van der Waals surface area contributed by atoms with E-state index in [0.717, 1.165) is 5.69 Å². The maximum Gasteiger partial charge on any atom is 0.117 e. The van der Waals surface area contributed by atoms with Crippen molar-refractivity contribution in [2.24, 2.45) is 7.05 Å². The van der Waals surface area contributed by atoms with E-state index in [2.05, 4.69) is 10.4 Å². The number of hydrogen-bond acceptors (Lipinski definition) is 3. The molecule has 4 nitrogen and oxygen atoms in total. The van der Waals surface area contributed by atoms with E-state index in [1.54, 1.807) is 24.1 Å². The van der Waals surface area contributed by atoms with Crippen molar-refractivity contribution in [3.05, 3.63) is 12.4 Å². The van der Waals surface area contributed by atoms with Crippen LogP contribution in [0.2, 0.25) is 0 Å². The zero-order valence-corrected chi connectivity index (χ0v) is 6.87. The lowest BCUT2D eigenvalue weighted by molar-refractivity contribution is 0.151. The van der Waals surface area contributed by atoms with E-state index in [0.29, 0.717) is 0 Å². The third-order valence-corrected chi connectivity index (χ3v) is 1.42. The molecule has 0 aromatic carbocycles. The number of aliphatic hydroxyl groups excluding tert-OH is 1. The Balaban J connectivity index is 2.33. The predicted molar refractivity (Wildman–Crippen MR) is 43.7 cm³/mol. The second-order valence-corrected chi connectivity index (χ2v) is 2.59. The number of aromatic nitrogens is 2. The topological polar surface area (TPSA) is 50.1 Å². The summed E-state index contributed by atoms with van der Waals surface area (Å²) >= 11 is 0. The van der Waals surface area contributed by atoms with Gasteiger partial charge < -0.3 is 10.4 Å². The van der Waals surface area contributed by atoms with Crippen molar-refractivity contribution in [1.29, 1.82) is 0 Å². The van der Waals surface area contributed by atoms with E-state index in [4.69, 9.17) is 5.11 Å². The monoisotopic (exact) mass is 173 g/mol. The summed E-state index contributed by atoms with van der Waals surface area (Å²) < 4.78 is 13.4. The summed E-state index contributed by atoms with van der Waals surface area (Å²) in [4.78, 5) is 0. The van der Waals surface area contributed by atoms with Crippen LogP contribution in [0.4, 0.5) is 10.1 Å². The minimum absolute atomic E-state index is 0.211. The minimum atomic E-state index is -0.940. The van der Waals surface area contributed by atoms with Gasteiger partial charge in [0.25, 0.3) is 0 Å². The van der Waals surface area contributed by atoms with Crippen LogP contribution in [0, 0.1) is 0 Å². The summed E-state index contributed by atoms with van der Waals surface area (Å²) in [6.45, 7) is -0.518. The molecule has 1 atom stereocenters. The number of rotatable bonds is 4. The summed E-state index contributed by atoms with van der Waals surface area (Å²) in [6.07, 6.45) is 2.43. The van der Waals surface area contributed by atoms with E-state index in [1.165, 1.54) is 0 Å². The van der Waals surface area contributed by atoms with E-state index in [9.17, 15) is 4.39 Å². The summed E-state index contributed by atoms with van der Waals surface area (Å²) in [5.41, 5.74) is 0.782. The molecule has 1 heterocycles. The zero-order valence-electron chi connectivity index (χ0n) is 6.87. The average molecular weight is 173 g/mol. The highest BCUT2D eigenvalue weighted by Gasteiger charge is 2.02. The van der Waals surface area contributed by atoms with E-state index >= 15 is 0 Å². The molecule has 0 spiro atoms. The summed E-state index contributed by atoms with van der Waals surface area (Å²) in [7, 11) is 1.79. The molecule has 1 aromatic rings. The molecule has 12 heavy (non-hydrogen) atoms. The lowest BCUT2D eigenvalue weighted by Crippen LogP contribution is -2.20. The van der Waals surface area contributed by atoms with Crippen molar-refractivity contribution in [2.45, 2.75) is 6.10 Å². The first-order valence-corrected chi connectivity index (χ1v) is 3.69. The summed E-state index contributed by atoms with van der Waals surface area (Å²) in [5, 5.41) is 15.6. The maximum atomic E-state index is 11.8. The number of nitrogens with one attached hydrogen (secondary N) is 1. The second kappa shape index (κ2) is 4.06. The van der Waals surface area contributed by atoms with Gasteiger partial charge in [0.15, 0.2) is 0 Å². The first kappa shape index (κ1) is 8.99. The number of halogens is 1. The molecule has 0 fully saturated rings. The first-order valence-electron chi connectivity index (χ1n) is 3.69. The van der Waals surface area contributed by atoms with Crippen LogP contribution in [-0.4, -0.2) is 34.2 Å². The molecule has 0 aliphatic heterocycles. The van der Waals surface area contributed by atoms with Crippen LogP contribution in [0.5, 0.6) is 0 Å². The highest BCUT2D eigenvalue weighted by molar-refractivity contribution is 5.37. The smallest absolute Gasteiger partial charge is 0.117 e. The van der Waals surface area contributed by atoms with Crippen LogP contribution in [0.3, 0.4) is 0 Å². The van der Waals surface area contributed by atoms with Crippen LogP contribution >= 0.6 is 0 Å². The standard InChI is InChI=1S/C7H12FN3O/c1-11-5-6(3-10-11)9-4-7(12)2-8/h3,5,7,9,12H,2,4H2,1H3. The Morgan fingerprint density at radius 3 is 3.08 bits per heavy atom. The molecule has 1 aromatic heterocycles. The minimum Gasteiger partial charge on any atom is -0.389 e. The van der Waals surface area contributed by atoms with Gasteiger partial charge >= 0.3 is 0 Å². The Bertz CT molecular complexity index is 238. The zero-order chi connectivity index (χ0) is 8.97. The van der Waals surface area contributed by atoms with Gasteiger partial charge in [-0.25, -0.2) is 4.39 Å². The molecule has 1 unspecified atom stereocenters. The number of anilines is 1. The summed E-state index contributed by atoms with van der Waals surface area (Å²) in [5.74, 6) is 0. The molecule has 0 aliphatic carbocycles. The van der Waals surface area contributed by atoms with Gasteiger partial charge in [0, 0.05) is 19.8 Å². The fraction of sp³-hybridized carbons (Fsp3) is 0.571. The molecular weight excluding hydrogens is 161 g/mol. The lowest BCUT2D eigenvalue weighted by Gasteiger charge is -2.06. The number of hydrogen-bond donors (Lipinski definition) is 2. The molecule has 0 bridgehead atoms.